The number of hydrogen-bond acceptors (Lipinski definition) is 4. The maximum atomic E-state index is 12.5. The third kappa shape index (κ3) is 3.83. The molecular weight excluding hydrogens is 373 g/mol. The SMILES string of the molecule is Cc1[nH]nc(Cl)c1C(=O)NCC1CCN(S(=O)(=O)C(F)(F)F)CC1. The second-order valence-electron chi connectivity index (χ2n) is 5.52. The molecule has 7 nitrogen and oxygen atoms in total. The van der Waals surface area contributed by atoms with Crippen molar-refractivity contribution in [3.05, 3.63) is 16.4 Å². The molecular formula is C12H16ClF3N4O3S. The highest BCUT2D eigenvalue weighted by atomic mass is 35.5. The van der Waals surface area contributed by atoms with Gasteiger partial charge in [-0.2, -0.15) is 22.6 Å². The molecule has 1 aromatic rings. The summed E-state index contributed by atoms with van der Waals surface area (Å²) in [5.74, 6) is -0.545. The van der Waals surface area contributed by atoms with Gasteiger partial charge in [-0.1, -0.05) is 11.6 Å². The Hall–Kier alpha value is -1.33. The monoisotopic (exact) mass is 388 g/mol. The Bertz CT molecular complexity index is 692. The zero-order valence-corrected chi connectivity index (χ0v) is 14.2. The van der Waals surface area contributed by atoms with Gasteiger partial charge in [-0.05, 0) is 25.7 Å². The number of aromatic nitrogens is 2. The topological polar surface area (TPSA) is 95.2 Å². The predicted molar refractivity (Wildman–Crippen MR) is 79.9 cm³/mol. The van der Waals surface area contributed by atoms with Crippen molar-refractivity contribution < 1.29 is 26.4 Å². The van der Waals surface area contributed by atoms with Crippen LogP contribution in [0.15, 0.2) is 0 Å². The molecule has 0 unspecified atom stereocenters. The molecule has 1 amide bonds. The van der Waals surface area contributed by atoms with Gasteiger partial charge in [0.2, 0.25) is 0 Å². The molecule has 2 rings (SSSR count). The average Bonchev–Trinajstić information content (AvgIpc) is 2.83. The number of nitrogens with zero attached hydrogens (tertiary/aromatic N) is 2. The lowest BCUT2D eigenvalue weighted by molar-refractivity contribution is -0.0496. The van der Waals surface area contributed by atoms with Crippen molar-refractivity contribution in [2.45, 2.75) is 25.3 Å². The van der Waals surface area contributed by atoms with Gasteiger partial charge in [0, 0.05) is 25.3 Å². The minimum atomic E-state index is -5.29. The summed E-state index contributed by atoms with van der Waals surface area (Å²) in [5, 5.41) is 8.95. The molecule has 136 valence electrons. The number of rotatable bonds is 4. The number of nitrogens with one attached hydrogen (secondary N) is 2. The van der Waals surface area contributed by atoms with Gasteiger partial charge in [0.05, 0.1) is 5.56 Å². The van der Waals surface area contributed by atoms with Crippen LogP contribution in [0, 0.1) is 12.8 Å². The molecule has 2 heterocycles. The molecule has 2 N–H and O–H groups in total. The molecule has 12 heteroatoms. The van der Waals surface area contributed by atoms with E-state index in [2.05, 4.69) is 15.5 Å². The summed E-state index contributed by atoms with van der Waals surface area (Å²) in [7, 11) is -5.28. The van der Waals surface area contributed by atoms with Crippen molar-refractivity contribution in [3.8, 4) is 0 Å². The molecule has 0 spiro atoms. The van der Waals surface area contributed by atoms with Gasteiger partial charge < -0.3 is 5.32 Å². The number of H-pyrrole nitrogens is 1. The molecule has 0 aliphatic carbocycles. The Morgan fingerprint density at radius 2 is 2.00 bits per heavy atom. The first kappa shape index (κ1) is 19.0. The Kier molecular flexibility index (Phi) is 5.45. The average molecular weight is 389 g/mol. The molecule has 0 aromatic carbocycles. The number of aromatic amines is 1. The lowest BCUT2D eigenvalue weighted by atomic mass is 9.98. The van der Waals surface area contributed by atoms with Crippen LogP contribution in [0.3, 0.4) is 0 Å². The van der Waals surface area contributed by atoms with E-state index in [-0.39, 0.29) is 49.1 Å². The molecule has 1 saturated heterocycles. The molecule has 0 radical (unpaired) electrons. The van der Waals surface area contributed by atoms with E-state index in [1.54, 1.807) is 6.92 Å². The van der Waals surface area contributed by atoms with Crippen LogP contribution in [0.4, 0.5) is 13.2 Å². The van der Waals surface area contributed by atoms with E-state index in [1.165, 1.54) is 0 Å². The zero-order valence-electron chi connectivity index (χ0n) is 12.7. The molecule has 1 fully saturated rings. The van der Waals surface area contributed by atoms with Gasteiger partial charge in [-0.15, -0.1) is 0 Å². The maximum Gasteiger partial charge on any atom is 0.511 e. The number of alkyl halides is 3. The molecule has 0 bridgehead atoms. The van der Waals surface area contributed by atoms with Crippen LogP contribution < -0.4 is 5.32 Å². The number of piperidine rings is 1. The second kappa shape index (κ2) is 6.89. The van der Waals surface area contributed by atoms with Gasteiger partial charge in [0.25, 0.3) is 5.91 Å². The number of sulfonamides is 1. The lowest BCUT2D eigenvalue weighted by Crippen LogP contribution is -2.46. The van der Waals surface area contributed by atoms with Crippen LogP contribution in [-0.2, 0) is 10.0 Å². The van der Waals surface area contributed by atoms with E-state index < -0.39 is 21.4 Å². The molecule has 0 atom stereocenters. The number of carbonyl (C=O) groups excluding carboxylic acids is 1. The summed E-state index contributed by atoms with van der Waals surface area (Å²) in [6.45, 7) is 1.40. The van der Waals surface area contributed by atoms with Crippen molar-refractivity contribution in [3.63, 3.8) is 0 Å². The van der Waals surface area contributed by atoms with E-state index in [4.69, 9.17) is 11.6 Å². The third-order valence-electron chi connectivity index (χ3n) is 3.89. The standard InChI is InChI=1S/C12H16ClF3N4O3S/c1-7-9(10(13)19-18-7)11(21)17-6-8-2-4-20(5-3-8)24(22,23)12(14,15)16/h8H,2-6H2,1H3,(H,17,21)(H,18,19). The summed E-state index contributed by atoms with van der Waals surface area (Å²) >= 11 is 5.79. The van der Waals surface area contributed by atoms with E-state index in [0.717, 1.165) is 0 Å². The van der Waals surface area contributed by atoms with E-state index >= 15 is 0 Å². The smallest absolute Gasteiger partial charge is 0.352 e. The first-order chi connectivity index (χ1) is 11.0. The largest absolute Gasteiger partial charge is 0.511 e. The highest BCUT2D eigenvalue weighted by Crippen LogP contribution is 2.30. The normalized spacial score (nSPS) is 17.9. The van der Waals surface area contributed by atoms with Crippen molar-refractivity contribution in [1.29, 1.82) is 0 Å². The summed E-state index contributed by atoms with van der Waals surface area (Å²) in [5.41, 5.74) is -4.57. The van der Waals surface area contributed by atoms with Crippen molar-refractivity contribution >= 4 is 27.5 Å². The lowest BCUT2D eigenvalue weighted by Gasteiger charge is -2.31. The molecule has 0 saturated carbocycles. The molecule has 1 aliphatic rings. The summed E-state index contributed by atoms with van der Waals surface area (Å²) in [4.78, 5) is 12.0. The molecule has 1 aliphatic heterocycles. The van der Waals surface area contributed by atoms with Crippen LogP contribution in [0.1, 0.15) is 28.9 Å². The summed E-state index contributed by atoms with van der Waals surface area (Å²) in [6, 6.07) is 0. The van der Waals surface area contributed by atoms with Crippen LogP contribution in [0.5, 0.6) is 0 Å². The zero-order chi connectivity index (χ0) is 18.1. The fourth-order valence-corrected chi connectivity index (χ4v) is 3.74. The molecule has 1 aromatic heterocycles. The van der Waals surface area contributed by atoms with Crippen molar-refractivity contribution in [2.75, 3.05) is 19.6 Å². The van der Waals surface area contributed by atoms with E-state index in [9.17, 15) is 26.4 Å². The number of halogens is 4. The van der Waals surface area contributed by atoms with Gasteiger partial charge in [0.15, 0.2) is 5.15 Å². The van der Waals surface area contributed by atoms with Crippen LogP contribution in [0.25, 0.3) is 0 Å². The Balaban J connectivity index is 1.87. The number of carbonyl (C=O) groups is 1. The second-order valence-corrected chi connectivity index (χ2v) is 7.81. The summed E-state index contributed by atoms with van der Waals surface area (Å²) in [6.07, 6.45) is 0.460. The van der Waals surface area contributed by atoms with Crippen molar-refractivity contribution in [2.24, 2.45) is 5.92 Å². The summed E-state index contributed by atoms with van der Waals surface area (Å²) < 4.78 is 60.5. The first-order valence-corrected chi connectivity index (χ1v) is 8.91. The van der Waals surface area contributed by atoms with Crippen LogP contribution >= 0.6 is 11.6 Å². The van der Waals surface area contributed by atoms with Gasteiger partial charge >= 0.3 is 15.5 Å². The predicted octanol–water partition coefficient (Wildman–Crippen LogP) is 1.66. The van der Waals surface area contributed by atoms with Crippen molar-refractivity contribution in [1.82, 2.24) is 19.8 Å². The third-order valence-corrected chi connectivity index (χ3v) is 5.79. The number of aryl methyl sites for hydroxylation is 1. The Morgan fingerprint density at radius 3 is 2.46 bits per heavy atom. The van der Waals surface area contributed by atoms with Gasteiger partial charge in [-0.3, -0.25) is 9.89 Å². The van der Waals surface area contributed by atoms with E-state index in [1.807, 2.05) is 0 Å². The first-order valence-electron chi connectivity index (χ1n) is 7.09. The Labute approximate surface area is 141 Å². The Morgan fingerprint density at radius 1 is 1.42 bits per heavy atom. The fraction of sp³-hybridized carbons (Fsp3) is 0.667. The van der Waals surface area contributed by atoms with E-state index in [0.29, 0.717) is 10.00 Å². The quantitative estimate of drug-likeness (QED) is 0.820. The number of amides is 1. The maximum absolute atomic E-state index is 12.5. The molecule has 24 heavy (non-hydrogen) atoms. The number of hydrogen-bond donors (Lipinski definition) is 2. The highest BCUT2D eigenvalue weighted by molar-refractivity contribution is 7.90. The fourth-order valence-electron chi connectivity index (χ4n) is 2.49. The van der Waals surface area contributed by atoms with Gasteiger partial charge in [0.1, 0.15) is 0 Å². The van der Waals surface area contributed by atoms with Crippen LogP contribution in [0.2, 0.25) is 5.15 Å². The van der Waals surface area contributed by atoms with Gasteiger partial charge in [-0.25, -0.2) is 8.42 Å². The minimum Gasteiger partial charge on any atom is -0.352 e. The highest BCUT2D eigenvalue weighted by Gasteiger charge is 2.50. The van der Waals surface area contributed by atoms with Crippen LogP contribution in [-0.4, -0.2) is 54.0 Å². The minimum absolute atomic E-state index is 0.0380.